The quantitative estimate of drug-likeness (QED) is 0.807. The van der Waals surface area contributed by atoms with Crippen LogP contribution in [0.15, 0.2) is 48.5 Å². The Morgan fingerprint density at radius 3 is 2.10 bits per heavy atom. The summed E-state index contributed by atoms with van der Waals surface area (Å²) in [6.45, 7) is 5.52. The fourth-order valence-corrected chi connectivity index (χ4v) is 3.08. The smallest absolute Gasteiger partial charge is 0.263 e. The van der Waals surface area contributed by atoms with E-state index in [-0.39, 0.29) is 24.2 Å². The fourth-order valence-electron chi connectivity index (χ4n) is 3.08. The molecule has 0 saturated carbocycles. The highest BCUT2D eigenvalue weighted by molar-refractivity contribution is 5.82. The number of phenols is 1. The lowest BCUT2D eigenvalue weighted by Crippen LogP contribution is -2.54. The number of ether oxygens (including phenoxy) is 2. The van der Waals surface area contributed by atoms with Gasteiger partial charge in [0.1, 0.15) is 17.2 Å². The maximum atomic E-state index is 12.6. The second kappa shape index (κ2) is 9.32. The average Bonchev–Trinajstić information content (AvgIpc) is 2.74. The van der Waals surface area contributed by atoms with E-state index in [0.29, 0.717) is 37.7 Å². The first kappa shape index (κ1) is 20.5. The third-order valence-corrected chi connectivity index (χ3v) is 4.82. The number of aryl methyl sites for hydroxylation is 1. The van der Waals surface area contributed by atoms with Crippen LogP contribution in [0.3, 0.4) is 0 Å². The number of rotatable bonds is 6. The first-order valence-corrected chi connectivity index (χ1v) is 9.64. The third kappa shape index (κ3) is 5.63. The summed E-state index contributed by atoms with van der Waals surface area (Å²) >= 11 is 0. The van der Waals surface area contributed by atoms with E-state index in [1.165, 1.54) is 12.1 Å². The monoisotopic (exact) mass is 398 g/mol. The molecule has 29 heavy (non-hydrogen) atoms. The lowest BCUT2D eigenvalue weighted by Gasteiger charge is -2.35. The van der Waals surface area contributed by atoms with Crippen molar-refractivity contribution in [3.8, 4) is 17.2 Å². The maximum Gasteiger partial charge on any atom is 0.263 e. The first-order valence-electron chi connectivity index (χ1n) is 9.64. The average molecular weight is 398 g/mol. The largest absolute Gasteiger partial charge is 0.508 e. The molecule has 2 aromatic carbocycles. The topological polar surface area (TPSA) is 79.3 Å². The number of carbonyl (C=O) groups excluding carboxylic acids is 2. The van der Waals surface area contributed by atoms with E-state index in [0.717, 1.165) is 5.56 Å². The van der Waals surface area contributed by atoms with Crippen LogP contribution in [0.4, 0.5) is 0 Å². The molecule has 0 spiro atoms. The van der Waals surface area contributed by atoms with Gasteiger partial charge in [-0.05, 0) is 50.2 Å². The molecule has 1 aliphatic heterocycles. The Kier molecular flexibility index (Phi) is 6.59. The van der Waals surface area contributed by atoms with Crippen molar-refractivity contribution in [2.75, 3.05) is 32.8 Å². The zero-order chi connectivity index (χ0) is 20.8. The molecule has 1 saturated heterocycles. The Labute approximate surface area is 170 Å². The van der Waals surface area contributed by atoms with Crippen LogP contribution in [0.2, 0.25) is 0 Å². The molecule has 1 unspecified atom stereocenters. The molecule has 1 aliphatic rings. The lowest BCUT2D eigenvalue weighted by molar-refractivity contribution is -0.144. The Bertz CT molecular complexity index is 827. The summed E-state index contributed by atoms with van der Waals surface area (Å²) in [7, 11) is 0. The summed E-state index contributed by atoms with van der Waals surface area (Å²) in [5.41, 5.74) is 1.13. The van der Waals surface area contributed by atoms with Gasteiger partial charge in [-0.25, -0.2) is 0 Å². The van der Waals surface area contributed by atoms with E-state index in [1.54, 1.807) is 28.9 Å². The molecule has 1 heterocycles. The van der Waals surface area contributed by atoms with Gasteiger partial charge in [0.2, 0.25) is 0 Å². The molecule has 2 amide bonds. The number of nitrogens with zero attached hydrogens (tertiary/aromatic N) is 2. The van der Waals surface area contributed by atoms with Crippen LogP contribution in [-0.2, 0) is 9.59 Å². The number of piperazine rings is 1. The first-order chi connectivity index (χ1) is 13.9. The predicted octanol–water partition coefficient (Wildman–Crippen LogP) is 2.22. The molecule has 7 heteroatoms. The van der Waals surface area contributed by atoms with Crippen LogP contribution >= 0.6 is 0 Å². The Balaban J connectivity index is 1.43. The van der Waals surface area contributed by atoms with E-state index < -0.39 is 6.10 Å². The molecular weight excluding hydrogens is 372 g/mol. The third-order valence-electron chi connectivity index (χ3n) is 4.82. The number of benzene rings is 2. The molecule has 7 nitrogen and oxygen atoms in total. The molecule has 2 aromatic rings. The van der Waals surface area contributed by atoms with Gasteiger partial charge in [-0.3, -0.25) is 9.59 Å². The zero-order valence-electron chi connectivity index (χ0n) is 16.7. The van der Waals surface area contributed by atoms with Crippen molar-refractivity contribution in [2.24, 2.45) is 0 Å². The van der Waals surface area contributed by atoms with Crippen molar-refractivity contribution in [1.82, 2.24) is 9.80 Å². The van der Waals surface area contributed by atoms with E-state index in [1.807, 2.05) is 31.2 Å². The molecule has 1 fully saturated rings. The van der Waals surface area contributed by atoms with Gasteiger partial charge in [-0.15, -0.1) is 0 Å². The molecule has 1 N–H and O–H groups in total. The van der Waals surface area contributed by atoms with Crippen molar-refractivity contribution in [3.63, 3.8) is 0 Å². The minimum absolute atomic E-state index is 0.0165. The fraction of sp³-hybridized carbons (Fsp3) is 0.364. The van der Waals surface area contributed by atoms with Gasteiger partial charge in [0.25, 0.3) is 11.8 Å². The van der Waals surface area contributed by atoms with Crippen molar-refractivity contribution in [1.29, 1.82) is 0 Å². The van der Waals surface area contributed by atoms with Crippen LogP contribution in [0.25, 0.3) is 0 Å². The molecule has 3 rings (SSSR count). The molecule has 0 aliphatic carbocycles. The van der Waals surface area contributed by atoms with Crippen molar-refractivity contribution in [2.45, 2.75) is 20.0 Å². The molecule has 0 radical (unpaired) electrons. The number of carbonyl (C=O) groups is 2. The normalized spacial score (nSPS) is 15.0. The summed E-state index contributed by atoms with van der Waals surface area (Å²) in [5, 5.41) is 9.32. The molecule has 1 atom stereocenters. The number of amides is 2. The minimum Gasteiger partial charge on any atom is -0.508 e. The van der Waals surface area contributed by atoms with Gasteiger partial charge >= 0.3 is 0 Å². The second-order valence-electron chi connectivity index (χ2n) is 7.06. The van der Waals surface area contributed by atoms with Gasteiger partial charge in [0.15, 0.2) is 12.7 Å². The molecule has 0 bridgehead atoms. The van der Waals surface area contributed by atoms with Crippen LogP contribution in [0.1, 0.15) is 12.5 Å². The summed E-state index contributed by atoms with van der Waals surface area (Å²) in [6, 6.07) is 13.8. The second-order valence-corrected chi connectivity index (χ2v) is 7.06. The predicted molar refractivity (Wildman–Crippen MR) is 108 cm³/mol. The summed E-state index contributed by atoms with van der Waals surface area (Å²) in [4.78, 5) is 28.4. The Morgan fingerprint density at radius 1 is 0.931 bits per heavy atom. The number of hydrogen-bond acceptors (Lipinski definition) is 5. The van der Waals surface area contributed by atoms with Crippen LogP contribution < -0.4 is 9.47 Å². The van der Waals surface area contributed by atoms with Crippen LogP contribution in [0, 0.1) is 6.92 Å². The van der Waals surface area contributed by atoms with E-state index >= 15 is 0 Å². The van der Waals surface area contributed by atoms with Gasteiger partial charge in [0, 0.05) is 26.2 Å². The van der Waals surface area contributed by atoms with E-state index in [9.17, 15) is 14.7 Å². The summed E-state index contributed by atoms with van der Waals surface area (Å²) in [6.07, 6.45) is -0.647. The molecule has 154 valence electrons. The van der Waals surface area contributed by atoms with Gasteiger partial charge in [0.05, 0.1) is 0 Å². The van der Waals surface area contributed by atoms with Crippen molar-refractivity contribution < 1.29 is 24.2 Å². The number of phenolic OH excluding ortho intramolecular Hbond substituents is 1. The summed E-state index contributed by atoms with van der Waals surface area (Å²) in [5.74, 6) is 1.11. The minimum atomic E-state index is -0.647. The van der Waals surface area contributed by atoms with Crippen LogP contribution in [-0.4, -0.2) is 65.6 Å². The summed E-state index contributed by atoms with van der Waals surface area (Å²) < 4.78 is 11.2. The highest BCUT2D eigenvalue weighted by Crippen LogP contribution is 2.18. The Morgan fingerprint density at radius 2 is 1.48 bits per heavy atom. The Hall–Kier alpha value is -3.22. The molecule has 0 aromatic heterocycles. The number of hydrogen-bond donors (Lipinski definition) is 1. The highest BCUT2D eigenvalue weighted by Gasteiger charge is 2.28. The van der Waals surface area contributed by atoms with E-state index in [4.69, 9.17) is 9.47 Å². The van der Waals surface area contributed by atoms with E-state index in [2.05, 4.69) is 0 Å². The van der Waals surface area contributed by atoms with Crippen molar-refractivity contribution >= 4 is 11.8 Å². The van der Waals surface area contributed by atoms with Crippen LogP contribution in [0.5, 0.6) is 17.2 Å². The lowest BCUT2D eigenvalue weighted by atomic mass is 10.2. The maximum absolute atomic E-state index is 12.6. The van der Waals surface area contributed by atoms with Gasteiger partial charge in [-0.1, -0.05) is 17.7 Å². The van der Waals surface area contributed by atoms with Gasteiger partial charge in [-0.2, -0.15) is 0 Å². The zero-order valence-corrected chi connectivity index (χ0v) is 16.7. The highest BCUT2D eigenvalue weighted by atomic mass is 16.5. The van der Waals surface area contributed by atoms with Crippen molar-refractivity contribution in [3.05, 3.63) is 54.1 Å². The number of aromatic hydroxyl groups is 1. The molecular formula is C22H26N2O5. The standard InChI is InChI=1S/C22H26N2O5/c1-16-3-7-19(8-4-16)28-15-21(26)23-11-13-24(14-12-23)22(27)17(2)29-20-9-5-18(25)6-10-20/h3-10,17,25H,11-15H2,1-2H3. The van der Waals surface area contributed by atoms with Gasteiger partial charge < -0.3 is 24.4 Å². The SMILES string of the molecule is Cc1ccc(OCC(=O)N2CCN(C(=O)C(C)Oc3ccc(O)cc3)CC2)cc1.